The average Bonchev–Trinajstić information content (AvgIpc) is 1.58. The fraction of sp³-hybridized carbons (Fsp3) is 0.0625. The highest BCUT2D eigenvalue weighted by Gasteiger charge is 2.40. The van der Waals surface area contributed by atoms with Crippen LogP contribution in [0, 0.1) is 61.7 Å². The third-order valence-corrected chi connectivity index (χ3v) is 17.8. The molecule has 0 aliphatic rings. The van der Waals surface area contributed by atoms with Crippen LogP contribution >= 0.6 is 0 Å². The summed E-state index contributed by atoms with van der Waals surface area (Å²) in [6.45, 7) is 8.25. The Hall–Kier alpha value is -11.9. The lowest BCUT2D eigenvalue weighted by molar-refractivity contribution is -0.137. The Morgan fingerprint density at radius 1 is 0.289 bits per heavy atom. The first-order chi connectivity index (χ1) is 43.8. The van der Waals surface area contributed by atoms with Gasteiger partial charge in [0.05, 0.1) is 90.1 Å². The van der Waals surface area contributed by atoms with Crippen molar-refractivity contribution >= 4 is 87.2 Å². The summed E-state index contributed by atoms with van der Waals surface area (Å²) in [5, 5.41) is 38.7. The highest BCUT2D eigenvalue weighted by molar-refractivity contribution is 6.15. The minimum Gasteiger partial charge on any atom is -0.309 e. The molecule has 16 rings (SSSR count). The number of hydrogen-bond donors (Lipinski definition) is 0. The summed E-state index contributed by atoms with van der Waals surface area (Å²) in [5.74, 6) is 0. The molecule has 0 radical (unpaired) electrons. The first kappa shape index (κ1) is 54.7. The maximum absolute atomic E-state index is 15.8. The van der Waals surface area contributed by atoms with Crippen LogP contribution in [-0.4, -0.2) is 18.3 Å². The van der Waals surface area contributed by atoms with Crippen molar-refractivity contribution in [3.63, 3.8) is 0 Å². The molecule has 0 aliphatic heterocycles. The molecule has 16 aromatic rings. The third kappa shape index (κ3) is 8.55. The van der Waals surface area contributed by atoms with E-state index in [1.165, 1.54) is 21.9 Å². The molecule has 0 N–H and O–H groups in total. The summed E-state index contributed by atoms with van der Waals surface area (Å²) < 4.78 is 55.5. The Labute approximate surface area is 516 Å². The quantitative estimate of drug-likeness (QED) is 0.166. The minimum atomic E-state index is -4.72. The van der Waals surface area contributed by atoms with Crippen molar-refractivity contribution in [1.82, 2.24) is 18.3 Å². The molecule has 0 fully saturated rings. The molecule has 7 nitrogen and oxygen atoms in total. The number of para-hydroxylation sites is 4. The van der Waals surface area contributed by atoms with Gasteiger partial charge in [-0.25, -0.2) is 0 Å². The number of nitrogens with zero attached hydrogens (tertiary/aromatic N) is 7. The van der Waals surface area contributed by atoms with Crippen LogP contribution in [0.15, 0.2) is 243 Å². The van der Waals surface area contributed by atoms with Gasteiger partial charge in [0.2, 0.25) is 0 Å². The number of halogens is 3. The third-order valence-electron chi connectivity index (χ3n) is 17.8. The van der Waals surface area contributed by atoms with Gasteiger partial charge in [-0.2, -0.15) is 29.0 Å². The van der Waals surface area contributed by atoms with Crippen molar-refractivity contribution < 1.29 is 13.2 Å². The fourth-order valence-electron chi connectivity index (χ4n) is 14.0. The van der Waals surface area contributed by atoms with Crippen LogP contribution in [0.4, 0.5) is 13.2 Å². The van der Waals surface area contributed by atoms with Crippen LogP contribution in [-0.2, 0) is 6.18 Å². The number of alkyl halides is 3. The lowest BCUT2D eigenvalue weighted by atomic mass is 9.98. The second-order valence-corrected chi connectivity index (χ2v) is 23.1. The van der Waals surface area contributed by atoms with E-state index in [0.29, 0.717) is 49.9 Å². The Bertz CT molecular complexity index is 5540. The largest absolute Gasteiger partial charge is 0.420 e. The van der Waals surface area contributed by atoms with Gasteiger partial charge in [0.25, 0.3) is 0 Å². The maximum Gasteiger partial charge on any atom is 0.420 e. The topological polar surface area (TPSA) is 91.1 Å². The van der Waals surface area contributed by atoms with E-state index in [2.05, 4.69) is 138 Å². The predicted molar refractivity (Wildman–Crippen MR) is 359 cm³/mol. The van der Waals surface area contributed by atoms with E-state index in [-0.39, 0.29) is 11.4 Å². The molecular weight excluding hydrogens is 1120 g/mol. The van der Waals surface area contributed by atoms with Gasteiger partial charge in [-0.05, 0) is 169 Å². The number of aryl methyl sites for hydroxylation is 4. The molecule has 0 aliphatic carbocycles. The second kappa shape index (κ2) is 21.2. The number of aromatic nitrogens is 4. The van der Waals surface area contributed by atoms with Crippen molar-refractivity contribution in [2.24, 2.45) is 0 Å². The highest BCUT2D eigenvalue weighted by Crippen LogP contribution is 2.48. The Morgan fingerprint density at radius 3 is 0.867 bits per heavy atom. The van der Waals surface area contributed by atoms with Crippen molar-refractivity contribution in [2.45, 2.75) is 33.9 Å². The molecule has 0 saturated carbocycles. The summed E-state index contributed by atoms with van der Waals surface area (Å²) in [7, 11) is 0. The molecule has 0 saturated heterocycles. The number of rotatable bonds is 6. The van der Waals surface area contributed by atoms with Gasteiger partial charge in [0.1, 0.15) is 17.2 Å². The van der Waals surface area contributed by atoms with Crippen LogP contribution in [0.3, 0.4) is 0 Å². The average molecular weight is 1170 g/mol. The van der Waals surface area contributed by atoms with Gasteiger partial charge in [-0.3, -0.25) is 0 Å². The van der Waals surface area contributed by atoms with Gasteiger partial charge < -0.3 is 18.3 Å². The molecule has 0 bridgehead atoms. The first-order valence-corrected chi connectivity index (χ1v) is 29.7. The summed E-state index contributed by atoms with van der Waals surface area (Å²) in [4.78, 5) is 0. The fourth-order valence-corrected chi connectivity index (χ4v) is 14.0. The molecule has 10 heteroatoms. The van der Waals surface area contributed by atoms with E-state index < -0.39 is 11.7 Å². The summed E-state index contributed by atoms with van der Waals surface area (Å²) in [6.07, 6.45) is -4.72. The Kier molecular flexibility index (Phi) is 12.9. The Morgan fingerprint density at radius 2 is 0.567 bits per heavy atom. The smallest absolute Gasteiger partial charge is 0.309 e. The highest BCUT2D eigenvalue weighted by atomic mass is 19.4. The summed E-state index contributed by atoms with van der Waals surface area (Å²) >= 11 is 0. The van der Waals surface area contributed by atoms with Gasteiger partial charge >= 0.3 is 6.18 Å². The minimum absolute atomic E-state index is 0.0257. The summed E-state index contributed by atoms with van der Waals surface area (Å²) in [6, 6.07) is 85.5. The normalized spacial score (nSPS) is 11.7. The SMILES string of the molecule is Cc1cccc2c1c1ccccc1n2-c1cc(-c2cccc(C#N)c2)cc(-n2c3ccccc3c3c(C)cccc32)c1C#N.Cc1cccc2c1c1ccccc1n2-c1cc(-c2cccc(C#N)c2)cc(-n2c3ccccc3c3c(C)cccc32)c1C(F)(F)F. The monoisotopic (exact) mass is 1170 g/mol. The van der Waals surface area contributed by atoms with Crippen molar-refractivity contribution in [1.29, 1.82) is 15.8 Å². The van der Waals surface area contributed by atoms with E-state index in [1.54, 1.807) is 39.5 Å². The van der Waals surface area contributed by atoms with Crippen molar-refractivity contribution in [3.05, 3.63) is 287 Å². The molecule has 4 aromatic heterocycles. The molecule has 0 spiro atoms. The van der Waals surface area contributed by atoms with Gasteiger partial charge in [0, 0.05) is 43.1 Å². The lowest BCUT2D eigenvalue weighted by Gasteiger charge is -2.23. The first-order valence-electron chi connectivity index (χ1n) is 29.7. The van der Waals surface area contributed by atoms with Crippen LogP contribution in [0.5, 0.6) is 0 Å². The van der Waals surface area contributed by atoms with Gasteiger partial charge in [-0.1, -0.05) is 146 Å². The number of hydrogen-bond acceptors (Lipinski definition) is 3. The number of fused-ring (bicyclic) bond motifs is 12. The molecule has 428 valence electrons. The van der Waals surface area contributed by atoms with E-state index in [0.717, 1.165) is 88.0 Å². The zero-order valence-electron chi connectivity index (χ0n) is 49.4. The maximum atomic E-state index is 15.8. The molecular formula is C80H52F3N7. The number of nitriles is 3. The molecule has 90 heavy (non-hydrogen) atoms. The summed E-state index contributed by atoms with van der Waals surface area (Å²) in [5.41, 5.74) is 16.9. The van der Waals surface area contributed by atoms with Gasteiger partial charge in [0.15, 0.2) is 0 Å². The van der Waals surface area contributed by atoms with Crippen LogP contribution in [0.2, 0.25) is 0 Å². The zero-order chi connectivity index (χ0) is 61.7. The Balaban J connectivity index is 0.000000150. The molecule has 0 atom stereocenters. The molecule has 0 unspecified atom stereocenters. The molecule has 0 amide bonds. The van der Waals surface area contributed by atoms with Crippen LogP contribution in [0.25, 0.3) is 132 Å². The zero-order valence-corrected chi connectivity index (χ0v) is 49.4. The molecule has 4 heterocycles. The standard InChI is InChI=1S/C40H26F3N3.C40H26N4/c1-24-10-7-18-33-37(24)29-14-3-5-16-31(29)45(33)35-21-28(27-13-9-12-26(20-27)23-44)22-36(39(35)40(41,42)43)46-32-17-6-4-15-30(32)38-25(2)11-8-19-34(38)46;1-25-10-7-18-35-39(25)30-14-3-5-16-33(30)43(35)37-21-29(28-13-9-12-27(20-28)23-41)22-38(32(37)24-42)44-34-17-6-4-15-31(34)40-26(2)11-8-19-36(40)44/h3-22H,1-2H3;3-22H,1-2H3. The molecule has 12 aromatic carbocycles. The van der Waals surface area contributed by atoms with E-state index in [1.807, 2.05) is 129 Å². The van der Waals surface area contributed by atoms with Crippen LogP contribution in [0.1, 0.15) is 44.5 Å². The predicted octanol–water partition coefficient (Wildman–Crippen LogP) is 21.0. The van der Waals surface area contributed by atoms with E-state index >= 15 is 13.2 Å². The van der Waals surface area contributed by atoms with E-state index in [9.17, 15) is 15.8 Å². The van der Waals surface area contributed by atoms with Crippen LogP contribution < -0.4 is 0 Å². The van der Waals surface area contributed by atoms with Crippen molar-refractivity contribution in [3.8, 4) is 63.2 Å². The number of benzene rings is 12. The second-order valence-electron chi connectivity index (χ2n) is 23.1. The van der Waals surface area contributed by atoms with Gasteiger partial charge in [-0.15, -0.1) is 0 Å². The van der Waals surface area contributed by atoms with Crippen molar-refractivity contribution in [2.75, 3.05) is 0 Å². The van der Waals surface area contributed by atoms with E-state index in [4.69, 9.17) is 0 Å². The lowest BCUT2D eigenvalue weighted by Crippen LogP contribution is -2.16.